The molecule has 0 bridgehead atoms. The average Bonchev–Trinajstić information content (AvgIpc) is 3.15. The number of nitrogens with zero attached hydrogens (tertiary/aromatic N) is 2. The van der Waals surface area contributed by atoms with Crippen molar-refractivity contribution >= 4 is 6.09 Å². The number of rotatable bonds is 4. The number of carbonyl (C=O) groups excluding carboxylic acids is 1. The van der Waals surface area contributed by atoms with Gasteiger partial charge in [-0.05, 0) is 65.8 Å². The maximum Gasteiger partial charge on any atom is 0.410 e. The Bertz CT molecular complexity index is 397. The predicted molar refractivity (Wildman–Crippen MR) is 88.8 cm³/mol. The summed E-state index contributed by atoms with van der Waals surface area (Å²) in [6.07, 6.45) is 3.50. The van der Waals surface area contributed by atoms with Crippen LogP contribution in [0, 0.1) is 5.41 Å². The molecule has 0 aromatic rings. The van der Waals surface area contributed by atoms with Crippen LogP contribution in [0.5, 0.6) is 0 Å². The van der Waals surface area contributed by atoms with E-state index in [9.17, 15) is 4.79 Å². The second kappa shape index (κ2) is 6.00. The third kappa shape index (κ3) is 4.35. The minimum atomic E-state index is -0.417. The van der Waals surface area contributed by atoms with E-state index in [-0.39, 0.29) is 11.6 Å². The first-order valence-electron chi connectivity index (χ1n) is 8.52. The van der Waals surface area contributed by atoms with Gasteiger partial charge in [0.2, 0.25) is 0 Å². The minimum Gasteiger partial charge on any atom is -0.444 e. The zero-order chi connectivity index (χ0) is 16.6. The monoisotopic (exact) mass is 311 g/mol. The average molecular weight is 311 g/mol. The van der Waals surface area contributed by atoms with Gasteiger partial charge in [-0.1, -0.05) is 0 Å². The number of ether oxygens (including phenoxy) is 1. The van der Waals surface area contributed by atoms with E-state index in [0.29, 0.717) is 5.41 Å². The van der Waals surface area contributed by atoms with Crippen LogP contribution in [0.3, 0.4) is 0 Å². The Kier molecular flexibility index (Phi) is 4.79. The van der Waals surface area contributed by atoms with Crippen LogP contribution in [0.4, 0.5) is 4.79 Å². The lowest BCUT2D eigenvalue weighted by molar-refractivity contribution is 0.0137. The molecule has 1 aliphatic heterocycles. The van der Waals surface area contributed by atoms with Gasteiger partial charge in [-0.25, -0.2) is 4.79 Å². The van der Waals surface area contributed by atoms with Crippen molar-refractivity contribution in [2.24, 2.45) is 11.1 Å². The molecule has 1 saturated carbocycles. The number of hydrogen-bond acceptors (Lipinski definition) is 4. The Balaban J connectivity index is 1.73. The second-order valence-electron chi connectivity index (χ2n) is 8.56. The summed E-state index contributed by atoms with van der Waals surface area (Å²) in [5.74, 6) is 0. The third-order valence-electron chi connectivity index (χ3n) is 5.15. The zero-order valence-electron chi connectivity index (χ0n) is 14.9. The lowest BCUT2D eigenvalue weighted by Crippen LogP contribution is -2.51. The van der Waals surface area contributed by atoms with Gasteiger partial charge in [-0.15, -0.1) is 0 Å². The topological polar surface area (TPSA) is 58.8 Å². The molecule has 1 amide bonds. The Morgan fingerprint density at radius 3 is 2.05 bits per heavy atom. The maximum atomic E-state index is 12.0. The molecular formula is C17H33N3O2. The summed E-state index contributed by atoms with van der Waals surface area (Å²) in [6.45, 7) is 14.5. The largest absolute Gasteiger partial charge is 0.444 e. The normalized spacial score (nSPS) is 22.5. The minimum absolute atomic E-state index is 0.0780. The first-order chi connectivity index (χ1) is 10.0. The van der Waals surface area contributed by atoms with Crippen LogP contribution in [0.1, 0.15) is 53.9 Å². The quantitative estimate of drug-likeness (QED) is 0.866. The molecule has 2 N–H and O–H groups in total. The van der Waals surface area contributed by atoms with Crippen molar-refractivity contribution in [3.05, 3.63) is 0 Å². The van der Waals surface area contributed by atoms with Gasteiger partial charge in [0.05, 0.1) is 0 Å². The first kappa shape index (κ1) is 17.5. The van der Waals surface area contributed by atoms with E-state index in [1.165, 1.54) is 19.3 Å². The molecule has 0 spiro atoms. The molecule has 2 rings (SSSR count). The molecule has 2 fully saturated rings. The molecule has 1 aliphatic carbocycles. The second-order valence-corrected chi connectivity index (χ2v) is 8.56. The molecule has 0 aromatic heterocycles. The van der Waals surface area contributed by atoms with Gasteiger partial charge in [0.15, 0.2) is 0 Å². The van der Waals surface area contributed by atoms with E-state index < -0.39 is 5.60 Å². The Morgan fingerprint density at radius 1 is 1.09 bits per heavy atom. The van der Waals surface area contributed by atoms with E-state index in [4.69, 9.17) is 10.5 Å². The van der Waals surface area contributed by atoms with Gasteiger partial charge in [-0.2, -0.15) is 0 Å². The molecular weight excluding hydrogens is 278 g/mol. The highest BCUT2D eigenvalue weighted by molar-refractivity contribution is 5.68. The number of hydrogen-bond donors (Lipinski definition) is 1. The predicted octanol–water partition coefficient (Wildman–Crippen LogP) is 2.45. The van der Waals surface area contributed by atoms with Crippen LogP contribution in [-0.4, -0.2) is 59.8 Å². The van der Waals surface area contributed by atoms with E-state index in [2.05, 4.69) is 18.7 Å². The number of amides is 1. The fraction of sp³-hybridized carbons (Fsp3) is 0.941. The number of carbonyl (C=O) groups is 1. The van der Waals surface area contributed by atoms with E-state index >= 15 is 0 Å². The molecule has 0 aromatic carbocycles. The van der Waals surface area contributed by atoms with Gasteiger partial charge >= 0.3 is 6.09 Å². The summed E-state index contributed by atoms with van der Waals surface area (Å²) >= 11 is 0. The van der Waals surface area contributed by atoms with Gasteiger partial charge in [0.1, 0.15) is 5.60 Å². The SMILES string of the molecule is CC(C)(C)OC(=O)N1CCN(CCC2(C(C)(C)N)CC2)CC1. The van der Waals surface area contributed by atoms with Crippen molar-refractivity contribution < 1.29 is 9.53 Å². The molecule has 5 heteroatoms. The summed E-state index contributed by atoms with van der Waals surface area (Å²) in [5, 5.41) is 0. The van der Waals surface area contributed by atoms with E-state index in [1.54, 1.807) is 0 Å². The van der Waals surface area contributed by atoms with Crippen molar-refractivity contribution in [3.63, 3.8) is 0 Å². The van der Waals surface area contributed by atoms with E-state index in [0.717, 1.165) is 32.7 Å². The summed E-state index contributed by atoms with van der Waals surface area (Å²) in [4.78, 5) is 16.3. The van der Waals surface area contributed by atoms with Crippen LogP contribution in [0.25, 0.3) is 0 Å². The lowest BCUT2D eigenvalue weighted by atomic mass is 9.82. The summed E-state index contributed by atoms with van der Waals surface area (Å²) in [6, 6.07) is 0. The first-order valence-corrected chi connectivity index (χ1v) is 8.52. The van der Waals surface area contributed by atoms with Gasteiger partial charge < -0.3 is 15.4 Å². The highest BCUT2D eigenvalue weighted by Crippen LogP contribution is 2.55. The van der Waals surface area contributed by atoms with Crippen LogP contribution in [0.15, 0.2) is 0 Å². The van der Waals surface area contributed by atoms with Gasteiger partial charge in [-0.3, -0.25) is 4.90 Å². The standard InChI is InChI=1S/C17H33N3O2/c1-15(2,3)22-14(21)20-12-10-19(11-13-20)9-8-17(6-7-17)16(4,5)18/h6-13,18H2,1-5H3. The Morgan fingerprint density at radius 2 is 1.64 bits per heavy atom. The van der Waals surface area contributed by atoms with Crippen LogP contribution in [0.2, 0.25) is 0 Å². The Hall–Kier alpha value is -0.810. The van der Waals surface area contributed by atoms with Crippen LogP contribution >= 0.6 is 0 Å². The smallest absolute Gasteiger partial charge is 0.410 e. The molecule has 0 radical (unpaired) electrons. The van der Waals surface area contributed by atoms with Crippen molar-refractivity contribution in [1.29, 1.82) is 0 Å². The van der Waals surface area contributed by atoms with Crippen LogP contribution in [-0.2, 0) is 4.74 Å². The summed E-state index contributed by atoms with van der Waals surface area (Å²) in [7, 11) is 0. The van der Waals surface area contributed by atoms with Crippen LogP contribution < -0.4 is 5.73 Å². The van der Waals surface area contributed by atoms with Gasteiger partial charge in [0, 0.05) is 31.7 Å². The highest BCUT2D eigenvalue weighted by Gasteiger charge is 2.51. The molecule has 128 valence electrons. The van der Waals surface area contributed by atoms with Crippen molar-refractivity contribution in [1.82, 2.24) is 9.80 Å². The molecule has 0 atom stereocenters. The number of nitrogens with two attached hydrogens (primary N) is 1. The molecule has 5 nitrogen and oxygen atoms in total. The maximum absolute atomic E-state index is 12.0. The zero-order valence-corrected chi connectivity index (χ0v) is 14.9. The van der Waals surface area contributed by atoms with E-state index in [1.807, 2.05) is 25.7 Å². The highest BCUT2D eigenvalue weighted by atomic mass is 16.6. The summed E-state index contributed by atoms with van der Waals surface area (Å²) < 4.78 is 5.43. The van der Waals surface area contributed by atoms with Gasteiger partial charge in [0.25, 0.3) is 0 Å². The van der Waals surface area contributed by atoms with Crippen molar-refractivity contribution in [2.45, 2.75) is 65.0 Å². The third-order valence-corrected chi connectivity index (χ3v) is 5.15. The molecule has 22 heavy (non-hydrogen) atoms. The molecule has 1 saturated heterocycles. The van der Waals surface area contributed by atoms with Crippen molar-refractivity contribution in [3.8, 4) is 0 Å². The molecule has 0 unspecified atom stereocenters. The molecule has 1 heterocycles. The summed E-state index contributed by atoms with van der Waals surface area (Å²) in [5.41, 5.74) is 6.17. The lowest BCUT2D eigenvalue weighted by Gasteiger charge is -2.37. The van der Waals surface area contributed by atoms with Crippen molar-refractivity contribution in [2.75, 3.05) is 32.7 Å². The Labute approximate surface area is 135 Å². The fourth-order valence-corrected chi connectivity index (χ4v) is 3.22. The number of piperazine rings is 1. The fourth-order valence-electron chi connectivity index (χ4n) is 3.22. The molecule has 2 aliphatic rings.